The van der Waals surface area contributed by atoms with Crippen molar-refractivity contribution in [3.8, 4) is 0 Å². The SMILES string of the molecule is Cc1cc(S(=O)(=O)N(C)C(CN)C2CC2)sc1Br. The number of hydrogen-bond donors (Lipinski definition) is 1. The Bertz CT molecular complexity index is 518. The summed E-state index contributed by atoms with van der Waals surface area (Å²) >= 11 is 4.62. The summed E-state index contributed by atoms with van der Waals surface area (Å²) < 4.78 is 27.7. The van der Waals surface area contributed by atoms with Crippen LogP contribution in [0.15, 0.2) is 14.1 Å². The standard InChI is InChI=1S/C11H17BrN2O2S2/c1-7-5-10(17-11(7)12)18(15,16)14(2)9(6-13)8-3-4-8/h5,8-9H,3-4,6,13H2,1-2H3. The largest absolute Gasteiger partial charge is 0.329 e. The maximum Gasteiger partial charge on any atom is 0.252 e. The number of halogens is 1. The molecule has 0 radical (unpaired) electrons. The highest BCUT2D eigenvalue weighted by atomic mass is 79.9. The predicted octanol–water partition coefficient (Wildman–Crippen LogP) is 2.18. The van der Waals surface area contributed by atoms with Gasteiger partial charge in [0.25, 0.3) is 10.0 Å². The van der Waals surface area contributed by atoms with Crippen LogP contribution in [-0.4, -0.2) is 32.4 Å². The molecule has 18 heavy (non-hydrogen) atoms. The minimum Gasteiger partial charge on any atom is -0.329 e. The Morgan fingerprint density at radius 3 is 2.61 bits per heavy atom. The molecule has 0 bridgehead atoms. The van der Waals surface area contributed by atoms with E-state index in [1.54, 1.807) is 13.1 Å². The predicted molar refractivity (Wildman–Crippen MR) is 77.3 cm³/mol. The van der Waals surface area contributed by atoms with Crippen LogP contribution in [0.1, 0.15) is 18.4 Å². The van der Waals surface area contributed by atoms with Crippen molar-refractivity contribution in [2.75, 3.05) is 13.6 Å². The maximum absolute atomic E-state index is 12.5. The van der Waals surface area contributed by atoms with E-state index in [0.717, 1.165) is 22.2 Å². The van der Waals surface area contributed by atoms with Crippen molar-refractivity contribution in [1.82, 2.24) is 4.31 Å². The molecule has 4 nitrogen and oxygen atoms in total. The normalized spacial score (nSPS) is 18.3. The van der Waals surface area contributed by atoms with E-state index < -0.39 is 10.0 Å². The van der Waals surface area contributed by atoms with Crippen LogP contribution in [-0.2, 0) is 10.0 Å². The lowest BCUT2D eigenvalue weighted by atomic mass is 10.2. The topological polar surface area (TPSA) is 63.4 Å². The van der Waals surface area contributed by atoms with Crippen LogP contribution in [0.3, 0.4) is 0 Å². The van der Waals surface area contributed by atoms with Gasteiger partial charge in [0.1, 0.15) is 4.21 Å². The molecule has 2 N–H and O–H groups in total. The van der Waals surface area contributed by atoms with E-state index in [9.17, 15) is 8.42 Å². The van der Waals surface area contributed by atoms with Gasteiger partial charge in [-0.15, -0.1) is 11.3 Å². The van der Waals surface area contributed by atoms with Gasteiger partial charge in [-0.25, -0.2) is 8.42 Å². The molecule has 0 saturated heterocycles. The van der Waals surface area contributed by atoms with Gasteiger partial charge in [0.05, 0.1) is 3.79 Å². The highest BCUT2D eigenvalue weighted by Gasteiger charge is 2.38. The molecule has 1 aromatic heterocycles. The first-order valence-corrected chi connectivity index (χ1v) is 8.87. The molecule has 102 valence electrons. The van der Waals surface area contributed by atoms with Crippen molar-refractivity contribution in [3.05, 3.63) is 15.4 Å². The van der Waals surface area contributed by atoms with E-state index >= 15 is 0 Å². The van der Waals surface area contributed by atoms with Gasteiger partial charge in [0.15, 0.2) is 0 Å². The van der Waals surface area contributed by atoms with Crippen molar-refractivity contribution in [1.29, 1.82) is 0 Å². The van der Waals surface area contributed by atoms with E-state index in [2.05, 4.69) is 15.9 Å². The zero-order valence-electron chi connectivity index (χ0n) is 10.4. The number of rotatable bonds is 5. The van der Waals surface area contributed by atoms with Crippen LogP contribution in [0, 0.1) is 12.8 Å². The molecule has 1 saturated carbocycles. The van der Waals surface area contributed by atoms with E-state index in [-0.39, 0.29) is 6.04 Å². The fraction of sp³-hybridized carbons (Fsp3) is 0.636. The van der Waals surface area contributed by atoms with Gasteiger partial charge in [-0.2, -0.15) is 4.31 Å². The third-order valence-electron chi connectivity index (χ3n) is 3.34. The summed E-state index contributed by atoms with van der Waals surface area (Å²) in [5.74, 6) is 0.430. The summed E-state index contributed by atoms with van der Waals surface area (Å²) in [7, 11) is -1.78. The zero-order chi connectivity index (χ0) is 13.5. The smallest absolute Gasteiger partial charge is 0.252 e. The van der Waals surface area contributed by atoms with Crippen LogP contribution >= 0.6 is 27.3 Å². The van der Waals surface area contributed by atoms with Gasteiger partial charge in [0, 0.05) is 19.6 Å². The molecule has 1 heterocycles. The third kappa shape index (κ3) is 2.65. The summed E-state index contributed by atoms with van der Waals surface area (Å²) in [5.41, 5.74) is 6.66. The monoisotopic (exact) mass is 352 g/mol. The van der Waals surface area contributed by atoms with Gasteiger partial charge in [-0.05, 0) is 53.2 Å². The Labute approximate surface area is 120 Å². The highest BCUT2D eigenvalue weighted by Crippen LogP contribution is 2.38. The average molecular weight is 353 g/mol. The van der Waals surface area contributed by atoms with Crippen molar-refractivity contribution in [2.45, 2.75) is 30.0 Å². The molecule has 7 heteroatoms. The van der Waals surface area contributed by atoms with E-state index in [1.807, 2.05) is 6.92 Å². The molecule has 1 aliphatic carbocycles. The first-order chi connectivity index (χ1) is 8.37. The van der Waals surface area contributed by atoms with Crippen molar-refractivity contribution in [3.63, 3.8) is 0 Å². The third-order valence-corrected chi connectivity index (χ3v) is 7.81. The summed E-state index contributed by atoms with van der Waals surface area (Å²) in [5, 5.41) is 0. The van der Waals surface area contributed by atoms with Crippen molar-refractivity contribution < 1.29 is 8.42 Å². The van der Waals surface area contributed by atoms with Gasteiger partial charge in [-0.3, -0.25) is 0 Å². The minimum absolute atomic E-state index is 0.0730. The first kappa shape index (κ1) is 14.5. The lowest BCUT2D eigenvalue weighted by Crippen LogP contribution is -2.42. The number of sulfonamides is 1. The second-order valence-electron chi connectivity index (χ2n) is 4.68. The van der Waals surface area contributed by atoms with E-state index in [4.69, 9.17) is 5.73 Å². The molecule has 1 atom stereocenters. The maximum atomic E-state index is 12.5. The van der Waals surface area contributed by atoms with Gasteiger partial charge >= 0.3 is 0 Å². The molecule has 0 aliphatic heterocycles. The lowest BCUT2D eigenvalue weighted by Gasteiger charge is -2.25. The Hall–Kier alpha value is 0.0500. The number of nitrogens with zero attached hydrogens (tertiary/aromatic N) is 1. The van der Waals surface area contributed by atoms with Crippen molar-refractivity contribution in [2.24, 2.45) is 11.7 Å². The number of aryl methyl sites for hydroxylation is 1. The molecule has 0 aromatic carbocycles. The quantitative estimate of drug-likeness (QED) is 0.883. The number of hydrogen-bond acceptors (Lipinski definition) is 4. The molecule has 0 amide bonds. The second kappa shape index (κ2) is 5.20. The number of nitrogens with two attached hydrogens (primary N) is 1. The van der Waals surface area contributed by atoms with Gasteiger partial charge in [-0.1, -0.05) is 0 Å². The zero-order valence-corrected chi connectivity index (χ0v) is 13.6. The molecule has 1 fully saturated rings. The van der Waals surface area contributed by atoms with Gasteiger partial charge in [0.2, 0.25) is 0 Å². The number of likely N-dealkylation sites (N-methyl/N-ethyl adjacent to an activating group) is 1. The minimum atomic E-state index is -3.42. The molecular weight excluding hydrogens is 336 g/mol. The average Bonchev–Trinajstić information content (AvgIpc) is 3.07. The summed E-state index contributed by atoms with van der Waals surface area (Å²) in [6.45, 7) is 2.27. The summed E-state index contributed by atoms with van der Waals surface area (Å²) in [6.07, 6.45) is 2.16. The highest BCUT2D eigenvalue weighted by molar-refractivity contribution is 9.11. The van der Waals surface area contributed by atoms with Crippen LogP contribution < -0.4 is 5.73 Å². The summed E-state index contributed by atoms with van der Waals surface area (Å²) in [4.78, 5) is 0. The van der Waals surface area contributed by atoms with Crippen molar-refractivity contribution >= 4 is 37.3 Å². The van der Waals surface area contributed by atoms with Crippen LogP contribution in [0.25, 0.3) is 0 Å². The van der Waals surface area contributed by atoms with Crippen LogP contribution in [0.2, 0.25) is 0 Å². The fourth-order valence-corrected chi connectivity index (χ4v) is 5.84. The first-order valence-electron chi connectivity index (χ1n) is 5.82. The molecule has 0 spiro atoms. The fourth-order valence-electron chi connectivity index (χ4n) is 2.00. The molecule has 1 unspecified atom stereocenters. The Morgan fingerprint density at radius 1 is 1.61 bits per heavy atom. The van der Waals surface area contributed by atoms with Crippen LogP contribution in [0.4, 0.5) is 0 Å². The Morgan fingerprint density at radius 2 is 2.22 bits per heavy atom. The molecule has 2 rings (SSSR count). The lowest BCUT2D eigenvalue weighted by molar-refractivity contribution is 0.341. The summed E-state index contributed by atoms with van der Waals surface area (Å²) in [6, 6.07) is 1.64. The molecule has 1 aromatic rings. The Kier molecular flexibility index (Phi) is 4.18. The molecule has 1 aliphatic rings. The molecular formula is C11H17BrN2O2S2. The second-order valence-corrected chi connectivity index (χ2v) is 9.28. The Balaban J connectivity index is 2.29. The van der Waals surface area contributed by atoms with E-state index in [0.29, 0.717) is 16.7 Å². The van der Waals surface area contributed by atoms with Gasteiger partial charge < -0.3 is 5.73 Å². The van der Waals surface area contributed by atoms with E-state index in [1.165, 1.54) is 15.6 Å². The van der Waals surface area contributed by atoms with Crippen LogP contribution in [0.5, 0.6) is 0 Å². The number of thiophene rings is 1.